The van der Waals surface area contributed by atoms with Crippen LogP contribution in [0.1, 0.15) is 19.8 Å². The third-order valence-corrected chi connectivity index (χ3v) is 3.69. The molecule has 4 heteroatoms. The molecule has 0 aromatic rings. The number of fused-ring (bicyclic) bond motifs is 1. The summed E-state index contributed by atoms with van der Waals surface area (Å²) < 4.78 is 4.67. The number of Topliss-reactive ketones (excluding diaryl/α,β-unsaturated/α-hetero) is 1. The normalized spacial score (nSPS) is 36.4. The van der Waals surface area contributed by atoms with Crippen molar-refractivity contribution in [3.05, 3.63) is 0 Å². The summed E-state index contributed by atoms with van der Waals surface area (Å²) in [5, 5.41) is 0. The summed E-state index contributed by atoms with van der Waals surface area (Å²) in [6.07, 6.45) is 2.22. The Hall–Kier alpha value is -0.900. The summed E-state index contributed by atoms with van der Waals surface area (Å²) in [5.74, 6) is -0.896. The van der Waals surface area contributed by atoms with Gasteiger partial charge in [0, 0.05) is 18.5 Å². The first-order valence-corrected chi connectivity index (χ1v) is 5.50. The van der Waals surface area contributed by atoms with E-state index >= 15 is 0 Å². The molecule has 0 radical (unpaired) electrons. The second-order valence-electron chi connectivity index (χ2n) is 4.47. The lowest BCUT2D eigenvalue weighted by molar-refractivity contribution is -0.154. The Morgan fingerprint density at radius 1 is 1.53 bits per heavy atom. The highest BCUT2D eigenvalue weighted by Gasteiger charge is 2.45. The van der Waals surface area contributed by atoms with E-state index in [4.69, 9.17) is 0 Å². The third-order valence-electron chi connectivity index (χ3n) is 3.69. The van der Waals surface area contributed by atoms with E-state index in [-0.39, 0.29) is 17.7 Å². The van der Waals surface area contributed by atoms with Crippen LogP contribution in [-0.4, -0.2) is 42.9 Å². The van der Waals surface area contributed by atoms with Gasteiger partial charge in [0.1, 0.15) is 5.92 Å². The van der Waals surface area contributed by atoms with E-state index in [1.165, 1.54) is 7.11 Å². The van der Waals surface area contributed by atoms with Crippen LogP contribution in [0.25, 0.3) is 0 Å². The number of hydrogen-bond acceptors (Lipinski definition) is 4. The van der Waals surface area contributed by atoms with Crippen molar-refractivity contribution in [1.82, 2.24) is 4.90 Å². The minimum absolute atomic E-state index is 0.0228. The molecule has 15 heavy (non-hydrogen) atoms. The highest BCUT2D eigenvalue weighted by Crippen LogP contribution is 2.32. The predicted molar refractivity (Wildman–Crippen MR) is 54.3 cm³/mol. The number of carbonyl (C=O) groups is 2. The molecule has 0 saturated carbocycles. The van der Waals surface area contributed by atoms with E-state index in [9.17, 15) is 9.59 Å². The van der Waals surface area contributed by atoms with E-state index in [1.807, 2.05) is 6.92 Å². The number of nitrogens with zero attached hydrogens (tertiary/aromatic N) is 1. The molecule has 2 aliphatic heterocycles. The molecule has 2 rings (SSSR count). The molecule has 0 amide bonds. The number of hydrogen-bond donors (Lipinski definition) is 0. The van der Waals surface area contributed by atoms with Crippen LogP contribution in [0.4, 0.5) is 0 Å². The molecule has 2 fully saturated rings. The van der Waals surface area contributed by atoms with Crippen LogP contribution >= 0.6 is 0 Å². The van der Waals surface area contributed by atoms with Gasteiger partial charge in [-0.3, -0.25) is 14.5 Å². The van der Waals surface area contributed by atoms with Crippen LogP contribution in [-0.2, 0) is 14.3 Å². The molecular weight excluding hydrogens is 194 g/mol. The number of piperidine rings is 1. The van der Waals surface area contributed by atoms with Gasteiger partial charge in [-0.05, 0) is 19.4 Å². The third kappa shape index (κ3) is 1.67. The van der Waals surface area contributed by atoms with Crippen molar-refractivity contribution < 1.29 is 14.3 Å². The van der Waals surface area contributed by atoms with E-state index in [1.54, 1.807) is 0 Å². The van der Waals surface area contributed by atoms with Crippen LogP contribution in [0.15, 0.2) is 0 Å². The Morgan fingerprint density at radius 2 is 2.27 bits per heavy atom. The predicted octanol–water partition coefficient (Wildman–Crippen LogP) is 0.459. The number of ether oxygens (including phenoxy) is 1. The van der Waals surface area contributed by atoms with Crippen molar-refractivity contribution in [2.45, 2.75) is 25.8 Å². The van der Waals surface area contributed by atoms with Crippen LogP contribution < -0.4 is 0 Å². The van der Waals surface area contributed by atoms with Crippen molar-refractivity contribution in [3.8, 4) is 0 Å². The molecule has 0 aliphatic carbocycles. The molecule has 2 saturated heterocycles. The Labute approximate surface area is 89.6 Å². The average molecular weight is 211 g/mol. The maximum Gasteiger partial charge on any atom is 0.317 e. The fourth-order valence-corrected chi connectivity index (χ4v) is 2.81. The highest BCUT2D eigenvalue weighted by atomic mass is 16.5. The summed E-state index contributed by atoms with van der Waals surface area (Å²) in [4.78, 5) is 25.6. The molecule has 3 atom stereocenters. The van der Waals surface area contributed by atoms with Gasteiger partial charge in [-0.2, -0.15) is 0 Å². The molecule has 0 bridgehead atoms. The largest absolute Gasteiger partial charge is 0.468 e. The zero-order valence-electron chi connectivity index (χ0n) is 9.23. The van der Waals surface area contributed by atoms with E-state index in [0.717, 1.165) is 19.4 Å². The lowest BCUT2D eigenvalue weighted by atomic mass is 9.83. The van der Waals surface area contributed by atoms with Crippen LogP contribution in [0.5, 0.6) is 0 Å². The van der Waals surface area contributed by atoms with Crippen LogP contribution in [0.2, 0.25) is 0 Å². The van der Waals surface area contributed by atoms with E-state index in [0.29, 0.717) is 12.6 Å². The van der Waals surface area contributed by atoms with Gasteiger partial charge in [-0.1, -0.05) is 6.92 Å². The van der Waals surface area contributed by atoms with E-state index < -0.39 is 5.92 Å². The zero-order valence-corrected chi connectivity index (χ0v) is 9.23. The summed E-state index contributed by atoms with van der Waals surface area (Å²) in [6, 6.07) is 0.360. The fourth-order valence-electron chi connectivity index (χ4n) is 2.81. The zero-order chi connectivity index (χ0) is 11.0. The number of ketones is 1. The summed E-state index contributed by atoms with van der Waals surface area (Å²) >= 11 is 0. The van der Waals surface area contributed by atoms with Gasteiger partial charge in [-0.15, -0.1) is 0 Å². The first-order chi connectivity index (χ1) is 7.15. The van der Waals surface area contributed by atoms with Crippen molar-refractivity contribution in [3.63, 3.8) is 0 Å². The molecular formula is C11H17NO3. The highest BCUT2D eigenvalue weighted by molar-refractivity contribution is 6.01. The van der Waals surface area contributed by atoms with Crippen LogP contribution in [0.3, 0.4) is 0 Å². The first kappa shape index (κ1) is 10.6. The second kappa shape index (κ2) is 3.93. The smallest absolute Gasteiger partial charge is 0.317 e. The number of carbonyl (C=O) groups excluding carboxylic acids is 2. The molecule has 0 aromatic heterocycles. The summed E-state index contributed by atoms with van der Waals surface area (Å²) in [7, 11) is 1.34. The molecule has 0 N–H and O–H groups in total. The molecule has 2 unspecified atom stereocenters. The van der Waals surface area contributed by atoms with Crippen LogP contribution in [0, 0.1) is 11.8 Å². The lowest BCUT2D eigenvalue weighted by Gasteiger charge is -2.37. The van der Waals surface area contributed by atoms with Crippen molar-refractivity contribution in [1.29, 1.82) is 0 Å². The first-order valence-electron chi connectivity index (χ1n) is 5.50. The van der Waals surface area contributed by atoms with Gasteiger partial charge in [0.05, 0.1) is 7.11 Å². The van der Waals surface area contributed by atoms with Gasteiger partial charge in [0.25, 0.3) is 0 Å². The molecule has 84 valence electrons. The van der Waals surface area contributed by atoms with E-state index in [2.05, 4.69) is 9.64 Å². The molecule has 0 spiro atoms. The summed E-state index contributed by atoms with van der Waals surface area (Å²) in [6.45, 7) is 3.50. The van der Waals surface area contributed by atoms with Crippen molar-refractivity contribution in [2.24, 2.45) is 11.8 Å². The Bertz CT molecular complexity index is 290. The second-order valence-corrected chi connectivity index (χ2v) is 4.47. The van der Waals surface area contributed by atoms with Gasteiger partial charge < -0.3 is 4.74 Å². The van der Waals surface area contributed by atoms with Crippen molar-refractivity contribution >= 4 is 11.8 Å². The number of rotatable bonds is 1. The standard InChI is InChI=1S/C11H17NO3/c1-7-9-4-3-5-12(9)6-8(10(7)13)11(14)15-2/h7-9H,3-6H2,1-2H3/t7-,8?,9?/m0/s1. The van der Waals surface area contributed by atoms with Gasteiger partial charge in [0.2, 0.25) is 0 Å². The SMILES string of the molecule is COC(=O)C1CN2CCCC2[C@H](C)C1=O. The van der Waals surface area contributed by atoms with Gasteiger partial charge in [0.15, 0.2) is 5.78 Å². The average Bonchev–Trinajstić information content (AvgIpc) is 2.70. The minimum Gasteiger partial charge on any atom is -0.468 e. The summed E-state index contributed by atoms with van der Waals surface area (Å²) in [5.41, 5.74) is 0. The topological polar surface area (TPSA) is 46.6 Å². The Kier molecular flexibility index (Phi) is 2.78. The fraction of sp³-hybridized carbons (Fsp3) is 0.818. The van der Waals surface area contributed by atoms with Gasteiger partial charge >= 0.3 is 5.97 Å². The monoisotopic (exact) mass is 211 g/mol. The number of methoxy groups -OCH3 is 1. The number of esters is 1. The molecule has 2 aliphatic rings. The van der Waals surface area contributed by atoms with Gasteiger partial charge in [-0.25, -0.2) is 0 Å². The molecule has 0 aromatic carbocycles. The lowest BCUT2D eigenvalue weighted by Crippen LogP contribution is -2.52. The maximum atomic E-state index is 11.9. The Morgan fingerprint density at radius 3 is 2.93 bits per heavy atom. The maximum absolute atomic E-state index is 11.9. The Balaban J connectivity index is 2.16. The quantitative estimate of drug-likeness (QED) is 0.467. The van der Waals surface area contributed by atoms with Crippen molar-refractivity contribution in [2.75, 3.05) is 20.2 Å². The molecule has 2 heterocycles. The molecule has 4 nitrogen and oxygen atoms in total. The minimum atomic E-state index is -0.556.